The minimum absolute atomic E-state index is 0.655. The van der Waals surface area contributed by atoms with Crippen LogP contribution in [-0.2, 0) is 13.1 Å². The molecule has 0 fully saturated rings. The highest BCUT2D eigenvalue weighted by molar-refractivity contribution is 5.68. The highest BCUT2D eigenvalue weighted by Gasteiger charge is 2.16. The molecule has 5 nitrogen and oxygen atoms in total. The Morgan fingerprint density at radius 3 is 2.45 bits per heavy atom. The van der Waals surface area contributed by atoms with Crippen molar-refractivity contribution in [3.63, 3.8) is 0 Å². The summed E-state index contributed by atoms with van der Waals surface area (Å²) in [4.78, 5) is 7.19. The molecule has 2 heterocycles. The number of nitrogens with two attached hydrogens (primary N) is 1. The van der Waals surface area contributed by atoms with Gasteiger partial charge in [0, 0.05) is 30.5 Å². The van der Waals surface area contributed by atoms with Crippen LogP contribution in [-0.4, -0.2) is 27.9 Å². The predicted octanol–water partition coefficient (Wildman–Crippen LogP) is 4.61. The zero-order valence-electron chi connectivity index (χ0n) is 16.9. The number of hydrogen-bond acceptors (Lipinski definition) is 4. The number of rotatable bonds is 7. The molecule has 0 atom stereocenters. The minimum Gasteiger partial charge on any atom is -0.494 e. The molecule has 0 unspecified atom stereocenters. The highest BCUT2D eigenvalue weighted by atomic mass is 16.5. The first-order valence-electron chi connectivity index (χ1n) is 9.86. The van der Waals surface area contributed by atoms with Crippen molar-refractivity contribution < 1.29 is 4.74 Å². The molecule has 5 heteroatoms. The molecule has 2 aromatic heterocycles. The first-order valence-corrected chi connectivity index (χ1v) is 9.86. The van der Waals surface area contributed by atoms with Crippen LogP contribution in [0.25, 0.3) is 16.9 Å². The molecule has 0 saturated heterocycles. The Morgan fingerprint density at radius 2 is 1.72 bits per heavy atom. The predicted molar refractivity (Wildman–Crippen MR) is 118 cm³/mol. The van der Waals surface area contributed by atoms with Crippen LogP contribution in [0.4, 0.5) is 5.69 Å². The molecule has 0 bridgehead atoms. The second kappa shape index (κ2) is 8.37. The van der Waals surface area contributed by atoms with Gasteiger partial charge in [-0.25, -0.2) is 4.98 Å². The van der Waals surface area contributed by atoms with Gasteiger partial charge in [-0.15, -0.1) is 0 Å². The molecular formula is C24H26N4O. The Morgan fingerprint density at radius 1 is 0.966 bits per heavy atom. The molecule has 2 N–H and O–H groups in total. The highest BCUT2D eigenvalue weighted by Crippen LogP contribution is 2.28. The van der Waals surface area contributed by atoms with Crippen LogP contribution in [0.3, 0.4) is 0 Å². The van der Waals surface area contributed by atoms with Gasteiger partial charge in [0.2, 0.25) is 0 Å². The smallest absolute Gasteiger partial charge is 0.137 e. The number of hydrogen-bond donors (Lipinski definition) is 1. The van der Waals surface area contributed by atoms with Gasteiger partial charge in [-0.2, -0.15) is 0 Å². The van der Waals surface area contributed by atoms with Gasteiger partial charge in [0.15, 0.2) is 0 Å². The maximum absolute atomic E-state index is 6.07. The number of nitrogens with zero attached hydrogens (tertiary/aromatic N) is 3. The Hall–Kier alpha value is -3.31. The number of anilines is 1. The van der Waals surface area contributed by atoms with E-state index in [1.54, 1.807) is 0 Å². The normalized spacial score (nSPS) is 11.3. The molecule has 0 aliphatic carbocycles. The molecule has 0 aliphatic rings. The van der Waals surface area contributed by atoms with E-state index in [1.165, 1.54) is 5.56 Å². The Balaban J connectivity index is 1.70. The summed E-state index contributed by atoms with van der Waals surface area (Å²) < 4.78 is 7.68. The fourth-order valence-electron chi connectivity index (χ4n) is 3.57. The van der Waals surface area contributed by atoms with Crippen molar-refractivity contribution in [1.82, 2.24) is 14.3 Å². The standard InChI is InChI=1S/C24H26N4O/c1-3-29-21-12-9-19(10-13-21)24-22(28-16-20(25)11-14-23(28)26-24)17-27(2)15-18-7-5-4-6-8-18/h4-14,16H,3,15,17,25H2,1-2H3. The molecule has 4 rings (SSSR count). The SMILES string of the molecule is CCOc1ccc(-c2nc3ccc(N)cn3c2CN(C)Cc2ccccc2)cc1. The van der Waals surface area contributed by atoms with Gasteiger partial charge in [0.25, 0.3) is 0 Å². The first kappa shape index (κ1) is 19.0. The van der Waals surface area contributed by atoms with Gasteiger partial charge in [0.05, 0.1) is 18.0 Å². The third-order valence-corrected chi connectivity index (χ3v) is 4.89. The molecule has 29 heavy (non-hydrogen) atoms. The van der Waals surface area contributed by atoms with E-state index >= 15 is 0 Å². The van der Waals surface area contributed by atoms with Crippen LogP contribution in [0.5, 0.6) is 5.75 Å². The zero-order chi connectivity index (χ0) is 20.2. The van der Waals surface area contributed by atoms with Crippen molar-refractivity contribution >= 4 is 11.3 Å². The second-order valence-corrected chi connectivity index (χ2v) is 7.21. The van der Waals surface area contributed by atoms with E-state index in [-0.39, 0.29) is 0 Å². The number of pyridine rings is 1. The molecule has 0 aliphatic heterocycles. The maximum atomic E-state index is 6.07. The van der Waals surface area contributed by atoms with Gasteiger partial charge in [-0.1, -0.05) is 30.3 Å². The monoisotopic (exact) mass is 386 g/mol. The lowest BCUT2D eigenvalue weighted by atomic mass is 10.1. The number of ether oxygens (including phenoxy) is 1. The van der Waals surface area contributed by atoms with Crippen molar-refractivity contribution in [2.45, 2.75) is 20.0 Å². The van der Waals surface area contributed by atoms with E-state index in [2.05, 4.69) is 52.7 Å². The molecule has 0 amide bonds. The van der Waals surface area contributed by atoms with Crippen LogP contribution in [0.1, 0.15) is 18.2 Å². The Labute approximate surface area is 171 Å². The van der Waals surface area contributed by atoms with Gasteiger partial charge in [-0.3, -0.25) is 4.90 Å². The van der Waals surface area contributed by atoms with Crippen molar-refractivity contribution in [3.8, 4) is 17.0 Å². The van der Waals surface area contributed by atoms with Crippen LogP contribution in [0.2, 0.25) is 0 Å². The Bertz CT molecular complexity index is 1090. The number of benzene rings is 2. The fraction of sp³-hybridized carbons (Fsp3) is 0.208. The van der Waals surface area contributed by atoms with E-state index in [1.807, 2.05) is 43.5 Å². The molecule has 2 aromatic carbocycles. The fourth-order valence-corrected chi connectivity index (χ4v) is 3.57. The summed E-state index contributed by atoms with van der Waals surface area (Å²) in [5.41, 5.74) is 12.1. The third kappa shape index (κ3) is 4.25. The summed E-state index contributed by atoms with van der Waals surface area (Å²) in [6.07, 6.45) is 1.95. The molecule has 0 spiro atoms. The van der Waals surface area contributed by atoms with E-state index in [0.29, 0.717) is 6.61 Å². The summed E-state index contributed by atoms with van der Waals surface area (Å²) in [6, 6.07) is 22.5. The summed E-state index contributed by atoms with van der Waals surface area (Å²) in [7, 11) is 2.13. The third-order valence-electron chi connectivity index (χ3n) is 4.89. The van der Waals surface area contributed by atoms with Crippen LogP contribution < -0.4 is 10.5 Å². The topological polar surface area (TPSA) is 55.8 Å². The number of nitrogen functional groups attached to an aromatic ring is 1. The van der Waals surface area contributed by atoms with Gasteiger partial charge >= 0.3 is 0 Å². The van der Waals surface area contributed by atoms with Gasteiger partial charge in [0.1, 0.15) is 11.4 Å². The quantitative estimate of drug-likeness (QED) is 0.504. The maximum Gasteiger partial charge on any atom is 0.137 e. The van der Waals surface area contributed by atoms with E-state index in [4.69, 9.17) is 15.5 Å². The van der Waals surface area contributed by atoms with E-state index in [0.717, 1.165) is 47.1 Å². The largest absolute Gasteiger partial charge is 0.494 e. The van der Waals surface area contributed by atoms with Crippen LogP contribution in [0.15, 0.2) is 72.9 Å². The van der Waals surface area contributed by atoms with Crippen LogP contribution in [0, 0.1) is 0 Å². The van der Waals surface area contributed by atoms with Crippen molar-refractivity contribution in [2.24, 2.45) is 0 Å². The molecular weight excluding hydrogens is 360 g/mol. The molecule has 0 saturated carbocycles. The van der Waals surface area contributed by atoms with E-state index in [9.17, 15) is 0 Å². The summed E-state index contributed by atoms with van der Waals surface area (Å²) in [5.74, 6) is 0.868. The number of aromatic nitrogens is 2. The lowest BCUT2D eigenvalue weighted by molar-refractivity contribution is 0.314. The average Bonchev–Trinajstić information content (AvgIpc) is 3.07. The lowest BCUT2D eigenvalue weighted by Crippen LogP contribution is -2.18. The number of fused-ring (bicyclic) bond motifs is 1. The Kier molecular flexibility index (Phi) is 5.49. The zero-order valence-corrected chi connectivity index (χ0v) is 16.9. The molecule has 0 radical (unpaired) electrons. The van der Waals surface area contributed by atoms with Crippen molar-refractivity contribution in [3.05, 3.63) is 84.2 Å². The summed E-state index contributed by atoms with van der Waals surface area (Å²) in [5, 5.41) is 0. The molecule has 4 aromatic rings. The summed E-state index contributed by atoms with van der Waals surface area (Å²) in [6.45, 7) is 4.25. The lowest BCUT2D eigenvalue weighted by Gasteiger charge is -2.18. The van der Waals surface area contributed by atoms with Crippen LogP contribution >= 0.6 is 0 Å². The van der Waals surface area contributed by atoms with Crippen molar-refractivity contribution in [2.75, 3.05) is 19.4 Å². The number of imidazole rings is 1. The van der Waals surface area contributed by atoms with Gasteiger partial charge < -0.3 is 14.9 Å². The summed E-state index contributed by atoms with van der Waals surface area (Å²) >= 11 is 0. The minimum atomic E-state index is 0.655. The van der Waals surface area contributed by atoms with E-state index < -0.39 is 0 Å². The average molecular weight is 386 g/mol. The first-order chi connectivity index (χ1) is 14.1. The second-order valence-electron chi connectivity index (χ2n) is 7.21. The van der Waals surface area contributed by atoms with Gasteiger partial charge in [-0.05, 0) is 55.9 Å². The molecule has 148 valence electrons. The van der Waals surface area contributed by atoms with Crippen molar-refractivity contribution in [1.29, 1.82) is 0 Å².